The highest BCUT2D eigenvalue weighted by atomic mass is 32.2. The van der Waals surface area contributed by atoms with Crippen LogP contribution in [0, 0.1) is 0 Å². The van der Waals surface area contributed by atoms with Crippen LogP contribution in [0.1, 0.15) is 0 Å². The standard InChI is InChI=1S/C7H16N2O3S/c1-12-6-7-13(10,11)9-5-3-2-4-8/h2-3,9H,4-8H2,1H3/b3-2+. The van der Waals surface area contributed by atoms with Crippen LogP contribution < -0.4 is 10.5 Å². The number of ether oxygens (including phenoxy) is 1. The molecule has 0 amide bonds. The molecule has 6 heteroatoms. The monoisotopic (exact) mass is 208 g/mol. The minimum atomic E-state index is -3.19. The molecule has 0 saturated carbocycles. The quantitative estimate of drug-likeness (QED) is 0.529. The van der Waals surface area contributed by atoms with E-state index < -0.39 is 10.0 Å². The molecule has 0 heterocycles. The Morgan fingerprint density at radius 1 is 1.46 bits per heavy atom. The second-order valence-electron chi connectivity index (χ2n) is 2.37. The van der Waals surface area contributed by atoms with Crippen molar-refractivity contribution in [2.24, 2.45) is 5.73 Å². The molecule has 0 bridgehead atoms. The molecule has 78 valence electrons. The van der Waals surface area contributed by atoms with Crippen LogP contribution in [-0.4, -0.2) is 41.0 Å². The van der Waals surface area contributed by atoms with Gasteiger partial charge in [0, 0.05) is 20.2 Å². The zero-order valence-electron chi connectivity index (χ0n) is 7.69. The lowest BCUT2D eigenvalue weighted by Gasteiger charge is -2.02. The normalized spacial score (nSPS) is 12.5. The van der Waals surface area contributed by atoms with Gasteiger partial charge >= 0.3 is 0 Å². The molecule has 0 fully saturated rings. The van der Waals surface area contributed by atoms with Gasteiger partial charge in [-0.2, -0.15) is 0 Å². The van der Waals surface area contributed by atoms with Gasteiger partial charge in [-0.3, -0.25) is 0 Å². The van der Waals surface area contributed by atoms with E-state index >= 15 is 0 Å². The predicted octanol–water partition coefficient (Wildman–Crippen LogP) is -0.933. The molecule has 0 aromatic heterocycles. The molecule has 0 atom stereocenters. The minimum absolute atomic E-state index is 0.0139. The second kappa shape index (κ2) is 7.02. The average molecular weight is 208 g/mol. The van der Waals surface area contributed by atoms with Gasteiger partial charge in [0.15, 0.2) is 0 Å². The molecule has 0 unspecified atom stereocenters. The molecule has 0 aliphatic carbocycles. The summed E-state index contributed by atoms with van der Waals surface area (Å²) in [6, 6.07) is 0. The van der Waals surface area contributed by atoms with Crippen LogP contribution >= 0.6 is 0 Å². The number of nitrogens with one attached hydrogen (secondary N) is 1. The highest BCUT2D eigenvalue weighted by Gasteiger charge is 2.06. The fourth-order valence-corrected chi connectivity index (χ4v) is 1.50. The van der Waals surface area contributed by atoms with E-state index in [1.807, 2.05) is 0 Å². The van der Waals surface area contributed by atoms with E-state index in [0.717, 1.165) is 0 Å². The summed E-state index contributed by atoms with van der Waals surface area (Å²) in [5.74, 6) is -0.0139. The van der Waals surface area contributed by atoms with Crippen LogP contribution in [-0.2, 0) is 14.8 Å². The van der Waals surface area contributed by atoms with Gasteiger partial charge in [0.2, 0.25) is 10.0 Å². The first-order valence-electron chi connectivity index (χ1n) is 3.93. The van der Waals surface area contributed by atoms with Gasteiger partial charge in [-0.1, -0.05) is 12.2 Å². The Morgan fingerprint density at radius 2 is 2.15 bits per heavy atom. The Bertz CT molecular complexity index is 236. The van der Waals surface area contributed by atoms with Gasteiger partial charge in [-0.25, -0.2) is 13.1 Å². The summed E-state index contributed by atoms with van der Waals surface area (Å²) in [6.45, 7) is 0.902. The van der Waals surface area contributed by atoms with Crippen molar-refractivity contribution in [2.45, 2.75) is 0 Å². The van der Waals surface area contributed by atoms with E-state index in [9.17, 15) is 8.42 Å². The van der Waals surface area contributed by atoms with E-state index in [0.29, 0.717) is 6.54 Å². The fourth-order valence-electron chi connectivity index (χ4n) is 0.620. The van der Waals surface area contributed by atoms with Crippen molar-refractivity contribution in [3.63, 3.8) is 0 Å². The number of hydrogen-bond donors (Lipinski definition) is 2. The van der Waals surface area contributed by atoms with Crippen LogP contribution in [0.5, 0.6) is 0 Å². The Hall–Kier alpha value is -0.430. The summed E-state index contributed by atoms with van der Waals surface area (Å²) < 4.78 is 29.2. The lowest BCUT2D eigenvalue weighted by atomic mass is 10.5. The molecule has 5 nitrogen and oxygen atoms in total. The molecule has 0 radical (unpaired) electrons. The number of nitrogens with two attached hydrogens (primary N) is 1. The van der Waals surface area contributed by atoms with E-state index in [1.165, 1.54) is 7.11 Å². The zero-order chi connectivity index (χ0) is 10.2. The van der Waals surface area contributed by atoms with E-state index in [1.54, 1.807) is 12.2 Å². The molecule has 13 heavy (non-hydrogen) atoms. The Balaban J connectivity index is 3.70. The van der Waals surface area contributed by atoms with Gasteiger partial charge in [0.1, 0.15) is 0 Å². The first kappa shape index (κ1) is 12.6. The van der Waals surface area contributed by atoms with Crippen molar-refractivity contribution in [2.75, 3.05) is 32.6 Å². The first-order valence-corrected chi connectivity index (χ1v) is 5.59. The smallest absolute Gasteiger partial charge is 0.214 e. The molecule has 0 aliphatic heterocycles. The van der Waals surface area contributed by atoms with Crippen molar-refractivity contribution < 1.29 is 13.2 Å². The van der Waals surface area contributed by atoms with E-state index in [-0.39, 0.29) is 18.9 Å². The average Bonchev–Trinajstić information content (AvgIpc) is 2.09. The summed E-state index contributed by atoms with van der Waals surface area (Å²) >= 11 is 0. The lowest BCUT2D eigenvalue weighted by Crippen LogP contribution is -2.28. The number of hydrogen-bond acceptors (Lipinski definition) is 4. The van der Waals surface area contributed by atoms with Gasteiger partial charge in [-0.15, -0.1) is 0 Å². The summed E-state index contributed by atoms with van der Waals surface area (Å²) in [6.07, 6.45) is 3.36. The molecule has 0 aromatic rings. The minimum Gasteiger partial charge on any atom is -0.384 e. The Kier molecular flexibility index (Phi) is 6.79. The molecule has 0 aromatic carbocycles. The van der Waals surface area contributed by atoms with Crippen LogP contribution in [0.4, 0.5) is 0 Å². The zero-order valence-corrected chi connectivity index (χ0v) is 8.51. The first-order chi connectivity index (χ1) is 6.12. The van der Waals surface area contributed by atoms with Crippen LogP contribution in [0.3, 0.4) is 0 Å². The van der Waals surface area contributed by atoms with E-state index in [2.05, 4.69) is 9.46 Å². The third-order valence-electron chi connectivity index (χ3n) is 1.28. The molecule has 0 saturated heterocycles. The lowest BCUT2D eigenvalue weighted by molar-refractivity contribution is 0.217. The van der Waals surface area contributed by atoms with Crippen molar-refractivity contribution in [1.29, 1.82) is 0 Å². The van der Waals surface area contributed by atoms with Crippen molar-refractivity contribution in [3.8, 4) is 0 Å². The molecule has 3 N–H and O–H groups in total. The molecule has 0 rings (SSSR count). The van der Waals surface area contributed by atoms with Crippen LogP contribution in [0.25, 0.3) is 0 Å². The number of methoxy groups -OCH3 is 1. The second-order valence-corrected chi connectivity index (χ2v) is 4.29. The maximum absolute atomic E-state index is 11.1. The van der Waals surface area contributed by atoms with Gasteiger partial charge in [-0.05, 0) is 0 Å². The molecule has 0 aliphatic rings. The van der Waals surface area contributed by atoms with Gasteiger partial charge in [0.25, 0.3) is 0 Å². The SMILES string of the molecule is COCCS(=O)(=O)NC/C=C/CN. The van der Waals surface area contributed by atoms with Crippen molar-refractivity contribution >= 4 is 10.0 Å². The largest absolute Gasteiger partial charge is 0.384 e. The third kappa shape index (κ3) is 7.92. The predicted molar refractivity (Wildman–Crippen MR) is 51.9 cm³/mol. The maximum Gasteiger partial charge on any atom is 0.214 e. The van der Waals surface area contributed by atoms with Crippen LogP contribution in [0.15, 0.2) is 12.2 Å². The highest BCUT2D eigenvalue weighted by Crippen LogP contribution is 1.84. The van der Waals surface area contributed by atoms with Crippen molar-refractivity contribution in [3.05, 3.63) is 12.2 Å². The summed E-state index contributed by atoms with van der Waals surface area (Å²) in [4.78, 5) is 0. The fraction of sp³-hybridized carbons (Fsp3) is 0.714. The summed E-state index contributed by atoms with van der Waals surface area (Å²) in [5.41, 5.74) is 5.17. The topological polar surface area (TPSA) is 81.4 Å². The summed E-state index contributed by atoms with van der Waals surface area (Å²) in [7, 11) is -1.73. The molecular weight excluding hydrogens is 192 g/mol. The van der Waals surface area contributed by atoms with Gasteiger partial charge in [0.05, 0.1) is 12.4 Å². The third-order valence-corrected chi connectivity index (χ3v) is 2.59. The Labute approximate surface area is 79.0 Å². The summed E-state index contributed by atoms with van der Waals surface area (Å²) in [5, 5.41) is 0. The number of sulfonamides is 1. The van der Waals surface area contributed by atoms with Crippen LogP contribution in [0.2, 0.25) is 0 Å². The molecular formula is C7H16N2O3S. The van der Waals surface area contributed by atoms with Crippen molar-refractivity contribution in [1.82, 2.24) is 4.72 Å². The Morgan fingerprint density at radius 3 is 2.69 bits per heavy atom. The maximum atomic E-state index is 11.1. The molecule has 0 spiro atoms. The highest BCUT2D eigenvalue weighted by molar-refractivity contribution is 7.89. The number of rotatable bonds is 7. The van der Waals surface area contributed by atoms with E-state index in [4.69, 9.17) is 5.73 Å². The van der Waals surface area contributed by atoms with Gasteiger partial charge < -0.3 is 10.5 Å².